The molecule has 0 spiro atoms. The number of aromatic nitrogens is 2. The quantitative estimate of drug-likeness (QED) is 0.211. The summed E-state index contributed by atoms with van der Waals surface area (Å²) in [5, 5.41) is 11.2. The number of para-hydroxylation sites is 1. The molecular weight excluding hydrogens is 513 g/mol. The molecule has 0 atom stereocenters. The van der Waals surface area contributed by atoms with Crippen molar-refractivity contribution in [2.75, 3.05) is 16.2 Å². The van der Waals surface area contributed by atoms with Gasteiger partial charge in [-0.3, -0.25) is 14.4 Å². The monoisotopic (exact) mass is 538 g/mol. The summed E-state index contributed by atoms with van der Waals surface area (Å²) in [4.78, 5) is 13.2. The van der Waals surface area contributed by atoms with Gasteiger partial charge in [0.1, 0.15) is 6.54 Å². The number of carbonyl (C=O) groups excluding carboxylic acids is 1. The molecule has 0 saturated carbocycles. The van der Waals surface area contributed by atoms with E-state index in [1.807, 2.05) is 56.3 Å². The van der Waals surface area contributed by atoms with Crippen LogP contribution in [0.3, 0.4) is 0 Å². The molecule has 186 valence electrons. The van der Waals surface area contributed by atoms with Crippen LogP contribution in [-0.2, 0) is 27.0 Å². The summed E-state index contributed by atoms with van der Waals surface area (Å²) in [6, 6.07) is 23.8. The Morgan fingerprint density at radius 2 is 1.67 bits per heavy atom. The Labute approximate surface area is 219 Å². The highest BCUT2D eigenvalue weighted by molar-refractivity contribution is 8.00. The van der Waals surface area contributed by atoms with E-state index in [0.29, 0.717) is 17.2 Å². The van der Waals surface area contributed by atoms with Crippen molar-refractivity contribution in [2.24, 2.45) is 0 Å². The Morgan fingerprint density at radius 1 is 0.972 bits per heavy atom. The maximum absolute atomic E-state index is 13.6. The lowest BCUT2D eigenvalue weighted by atomic mass is 10.1. The molecule has 0 fully saturated rings. The minimum Gasteiger partial charge on any atom is -0.299 e. The second-order valence-electron chi connectivity index (χ2n) is 8.00. The number of carbonyl (C=O) groups is 1. The van der Waals surface area contributed by atoms with Gasteiger partial charge in [0, 0.05) is 5.75 Å². The molecule has 7 nitrogen and oxygen atoms in total. The fourth-order valence-corrected chi connectivity index (χ4v) is 6.70. The molecule has 1 N–H and O–H groups in total. The van der Waals surface area contributed by atoms with E-state index in [2.05, 4.69) is 15.5 Å². The Hall–Kier alpha value is -3.21. The highest BCUT2D eigenvalue weighted by atomic mass is 32.2. The van der Waals surface area contributed by atoms with Crippen molar-refractivity contribution in [3.8, 4) is 0 Å². The van der Waals surface area contributed by atoms with Gasteiger partial charge in [-0.1, -0.05) is 96.2 Å². The van der Waals surface area contributed by atoms with Crippen molar-refractivity contribution in [2.45, 2.75) is 35.3 Å². The third kappa shape index (κ3) is 6.31. The number of anilines is 2. The number of hydrogen-bond acceptors (Lipinski definition) is 7. The SMILES string of the molecule is CCc1ccccc1N(CC(=O)Nc1nnc(SCc2ccccc2)s1)S(=O)(=O)c1ccc(C)cc1. The van der Waals surface area contributed by atoms with Gasteiger partial charge < -0.3 is 0 Å². The van der Waals surface area contributed by atoms with Crippen LogP contribution in [0.15, 0.2) is 88.1 Å². The number of aryl methyl sites for hydroxylation is 2. The number of sulfonamides is 1. The van der Waals surface area contributed by atoms with Crippen LogP contribution >= 0.6 is 23.1 Å². The maximum atomic E-state index is 13.6. The van der Waals surface area contributed by atoms with Crippen LogP contribution in [0.1, 0.15) is 23.6 Å². The van der Waals surface area contributed by atoms with Gasteiger partial charge in [-0.05, 0) is 42.7 Å². The molecule has 1 amide bonds. The van der Waals surface area contributed by atoms with Gasteiger partial charge in [0.2, 0.25) is 11.0 Å². The number of nitrogens with one attached hydrogen (secondary N) is 1. The number of rotatable bonds is 10. The number of thioether (sulfide) groups is 1. The summed E-state index contributed by atoms with van der Waals surface area (Å²) < 4.78 is 29.2. The van der Waals surface area contributed by atoms with Crippen molar-refractivity contribution in [1.29, 1.82) is 0 Å². The van der Waals surface area contributed by atoms with Crippen molar-refractivity contribution in [1.82, 2.24) is 10.2 Å². The van der Waals surface area contributed by atoms with Gasteiger partial charge in [-0.15, -0.1) is 10.2 Å². The van der Waals surface area contributed by atoms with Gasteiger partial charge in [-0.2, -0.15) is 0 Å². The van der Waals surface area contributed by atoms with Crippen molar-refractivity contribution in [3.05, 3.63) is 95.6 Å². The van der Waals surface area contributed by atoms with Gasteiger partial charge in [0.05, 0.1) is 10.6 Å². The number of nitrogens with zero attached hydrogens (tertiary/aromatic N) is 3. The van der Waals surface area contributed by atoms with Gasteiger partial charge in [0.15, 0.2) is 4.34 Å². The van der Waals surface area contributed by atoms with Crippen LogP contribution in [-0.4, -0.2) is 31.1 Å². The summed E-state index contributed by atoms with van der Waals surface area (Å²) in [7, 11) is -3.99. The summed E-state index contributed by atoms with van der Waals surface area (Å²) in [6.07, 6.45) is 0.621. The van der Waals surface area contributed by atoms with Crippen LogP contribution < -0.4 is 9.62 Å². The zero-order valence-electron chi connectivity index (χ0n) is 19.9. The van der Waals surface area contributed by atoms with Crippen LogP contribution in [0.2, 0.25) is 0 Å². The third-order valence-electron chi connectivity index (χ3n) is 5.40. The highest BCUT2D eigenvalue weighted by Crippen LogP contribution is 2.30. The van der Waals surface area contributed by atoms with Crippen LogP contribution in [0.25, 0.3) is 0 Å². The van der Waals surface area contributed by atoms with Crippen LogP contribution in [0.4, 0.5) is 10.8 Å². The average Bonchev–Trinajstić information content (AvgIpc) is 3.34. The summed E-state index contributed by atoms with van der Waals surface area (Å²) in [5.74, 6) is 0.243. The molecule has 3 aromatic carbocycles. The first kappa shape index (κ1) is 25.9. The predicted molar refractivity (Wildman–Crippen MR) is 146 cm³/mol. The summed E-state index contributed by atoms with van der Waals surface area (Å²) in [6.45, 7) is 3.45. The predicted octanol–water partition coefficient (Wildman–Crippen LogP) is 5.54. The first-order valence-corrected chi connectivity index (χ1v) is 14.6. The van der Waals surface area contributed by atoms with Gasteiger partial charge >= 0.3 is 0 Å². The maximum Gasteiger partial charge on any atom is 0.264 e. The normalized spacial score (nSPS) is 11.3. The fourth-order valence-electron chi connectivity index (χ4n) is 3.52. The minimum absolute atomic E-state index is 0.127. The van der Waals surface area contributed by atoms with E-state index in [-0.39, 0.29) is 11.4 Å². The third-order valence-corrected chi connectivity index (χ3v) is 9.21. The van der Waals surface area contributed by atoms with Crippen molar-refractivity contribution in [3.63, 3.8) is 0 Å². The second kappa shape index (κ2) is 11.7. The van der Waals surface area contributed by atoms with Crippen molar-refractivity contribution < 1.29 is 13.2 Å². The first-order chi connectivity index (χ1) is 17.4. The second-order valence-corrected chi connectivity index (χ2v) is 12.1. The van der Waals surface area contributed by atoms with Gasteiger partial charge in [-0.25, -0.2) is 8.42 Å². The zero-order valence-corrected chi connectivity index (χ0v) is 22.4. The molecule has 1 aromatic heterocycles. The fraction of sp³-hybridized carbons (Fsp3) is 0.192. The van der Waals surface area contributed by atoms with E-state index in [1.165, 1.54) is 23.1 Å². The molecule has 0 aliphatic rings. The molecule has 0 unspecified atom stereocenters. The topological polar surface area (TPSA) is 92.3 Å². The van der Waals surface area contributed by atoms with E-state index in [1.54, 1.807) is 36.4 Å². The number of amides is 1. The molecule has 0 bridgehead atoms. The standard InChI is InChI=1S/C26H26N4O3S3/c1-3-21-11-7-8-12-23(21)30(36(32,33)22-15-13-19(2)14-16-22)17-24(31)27-25-28-29-26(35-25)34-18-20-9-5-4-6-10-20/h4-16H,3,17-18H2,1-2H3,(H,27,28,31). The number of benzene rings is 3. The molecule has 36 heavy (non-hydrogen) atoms. The molecular formula is C26H26N4O3S3. The molecule has 0 aliphatic carbocycles. The van der Waals surface area contributed by atoms with Crippen molar-refractivity contribution >= 4 is 49.8 Å². The Morgan fingerprint density at radius 3 is 2.39 bits per heavy atom. The summed E-state index contributed by atoms with van der Waals surface area (Å²) in [5.41, 5.74) is 3.42. The van der Waals surface area contributed by atoms with Crippen LogP contribution in [0.5, 0.6) is 0 Å². The highest BCUT2D eigenvalue weighted by Gasteiger charge is 2.29. The van der Waals surface area contributed by atoms with Crippen LogP contribution in [0, 0.1) is 6.92 Å². The molecule has 0 radical (unpaired) electrons. The number of hydrogen-bond donors (Lipinski definition) is 1. The first-order valence-electron chi connectivity index (χ1n) is 11.3. The lowest BCUT2D eigenvalue weighted by Gasteiger charge is -2.26. The molecule has 0 aliphatic heterocycles. The molecule has 0 saturated heterocycles. The smallest absolute Gasteiger partial charge is 0.264 e. The Kier molecular flexibility index (Phi) is 8.40. The summed E-state index contributed by atoms with van der Waals surface area (Å²) >= 11 is 2.78. The van der Waals surface area contributed by atoms with E-state index in [9.17, 15) is 13.2 Å². The van der Waals surface area contributed by atoms with E-state index in [4.69, 9.17) is 0 Å². The van der Waals surface area contributed by atoms with E-state index in [0.717, 1.165) is 31.1 Å². The Bertz CT molecular complexity index is 1420. The van der Waals surface area contributed by atoms with E-state index < -0.39 is 15.9 Å². The zero-order chi connectivity index (χ0) is 25.5. The molecule has 4 aromatic rings. The molecule has 4 rings (SSSR count). The largest absolute Gasteiger partial charge is 0.299 e. The minimum atomic E-state index is -3.99. The average molecular weight is 539 g/mol. The van der Waals surface area contributed by atoms with E-state index >= 15 is 0 Å². The lowest BCUT2D eigenvalue weighted by Crippen LogP contribution is -2.38. The molecule has 10 heteroatoms. The molecule has 1 heterocycles. The lowest BCUT2D eigenvalue weighted by molar-refractivity contribution is -0.114. The van der Waals surface area contributed by atoms with Gasteiger partial charge in [0.25, 0.3) is 10.0 Å². The Balaban J connectivity index is 1.53.